The minimum atomic E-state index is 0.838. The molecule has 1 aliphatic rings. The number of fused-ring (bicyclic) bond motifs is 1. The molecule has 4 rings (SSSR count). The summed E-state index contributed by atoms with van der Waals surface area (Å²) in [5, 5.41) is 5.70. The third-order valence-corrected chi connectivity index (χ3v) is 4.70. The standard InChI is InChI=1S/C19H22N4/c1-3-23-13-17-14(2)12-18(20-19(17)21-23)15-6-8-16(9-7-15)22-10-4-5-11-22/h6-9,12-13H,3-5,10-11H2,1-2H3. The van der Waals surface area contributed by atoms with E-state index in [0.717, 1.165) is 28.8 Å². The fraction of sp³-hybridized carbons (Fsp3) is 0.368. The van der Waals surface area contributed by atoms with Gasteiger partial charge in [0, 0.05) is 42.5 Å². The Balaban J connectivity index is 1.70. The predicted molar refractivity (Wildman–Crippen MR) is 94.8 cm³/mol. The van der Waals surface area contributed by atoms with Crippen molar-refractivity contribution in [2.75, 3.05) is 18.0 Å². The molecule has 0 spiro atoms. The van der Waals surface area contributed by atoms with E-state index in [9.17, 15) is 0 Å². The molecule has 3 aromatic rings. The second-order valence-corrected chi connectivity index (χ2v) is 6.29. The quantitative estimate of drug-likeness (QED) is 0.732. The van der Waals surface area contributed by atoms with E-state index in [2.05, 4.69) is 60.4 Å². The minimum absolute atomic E-state index is 0.838. The van der Waals surface area contributed by atoms with E-state index in [0.29, 0.717) is 0 Å². The minimum Gasteiger partial charge on any atom is -0.372 e. The van der Waals surface area contributed by atoms with E-state index >= 15 is 0 Å². The smallest absolute Gasteiger partial charge is 0.181 e. The van der Waals surface area contributed by atoms with E-state index < -0.39 is 0 Å². The van der Waals surface area contributed by atoms with Crippen LogP contribution in [0, 0.1) is 6.92 Å². The van der Waals surface area contributed by atoms with Gasteiger partial charge in [-0.25, -0.2) is 4.98 Å². The average Bonchev–Trinajstić information content (AvgIpc) is 3.24. The second kappa shape index (κ2) is 5.69. The van der Waals surface area contributed by atoms with Crippen LogP contribution in [-0.2, 0) is 6.54 Å². The van der Waals surface area contributed by atoms with Crippen LogP contribution in [0.15, 0.2) is 36.5 Å². The Hall–Kier alpha value is -2.36. The Morgan fingerprint density at radius 1 is 1.09 bits per heavy atom. The fourth-order valence-corrected chi connectivity index (χ4v) is 3.33. The fourth-order valence-electron chi connectivity index (χ4n) is 3.33. The topological polar surface area (TPSA) is 34.0 Å². The number of aryl methyl sites for hydroxylation is 2. The SMILES string of the molecule is CCn1cc2c(C)cc(-c3ccc(N4CCCC4)cc3)nc2n1. The molecule has 0 amide bonds. The van der Waals surface area contributed by atoms with Crippen molar-refractivity contribution >= 4 is 16.7 Å². The van der Waals surface area contributed by atoms with E-state index in [1.165, 1.54) is 37.2 Å². The summed E-state index contributed by atoms with van der Waals surface area (Å²) in [5.41, 5.74) is 5.55. The summed E-state index contributed by atoms with van der Waals surface area (Å²) in [6.07, 6.45) is 4.69. The highest BCUT2D eigenvalue weighted by Gasteiger charge is 2.13. The monoisotopic (exact) mass is 306 g/mol. The molecule has 0 saturated carbocycles. The zero-order valence-electron chi connectivity index (χ0n) is 13.8. The van der Waals surface area contributed by atoms with Crippen LogP contribution < -0.4 is 4.90 Å². The first kappa shape index (κ1) is 14.2. The first-order chi connectivity index (χ1) is 11.2. The number of benzene rings is 1. The van der Waals surface area contributed by atoms with E-state index in [1.54, 1.807) is 0 Å². The van der Waals surface area contributed by atoms with Crippen LogP contribution >= 0.6 is 0 Å². The molecule has 0 unspecified atom stereocenters. The zero-order valence-corrected chi connectivity index (χ0v) is 13.8. The molecular weight excluding hydrogens is 284 g/mol. The van der Waals surface area contributed by atoms with Crippen LogP contribution in [0.25, 0.3) is 22.3 Å². The third-order valence-electron chi connectivity index (χ3n) is 4.70. The molecule has 0 aliphatic carbocycles. The highest BCUT2D eigenvalue weighted by Crippen LogP contribution is 2.27. The molecule has 0 atom stereocenters. The average molecular weight is 306 g/mol. The molecule has 4 heteroatoms. The van der Waals surface area contributed by atoms with Crippen LogP contribution in [0.2, 0.25) is 0 Å². The second-order valence-electron chi connectivity index (χ2n) is 6.29. The number of nitrogens with zero attached hydrogens (tertiary/aromatic N) is 4. The van der Waals surface area contributed by atoms with Crippen molar-refractivity contribution in [1.29, 1.82) is 0 Å². The largest absolute Gasteiger partial charge is 0.372 e. The summed E-state index contributed by atoms with van der Waals surface area (Å²) >= 11 is 0. The van der Waals surface area contributed by atoms with Crippen LogP contribution in [0.3, 0.4) is 0 Å². The lowest BCUT2D eigenvalue weighted by Crippen LogP contribution is -2.17. The molecule has 1 fully saturated rings. The summed E-state index contributed by atoms with van der Waals surface area (Å²) in [7, 11) is 0. The van der Waals surface area contributed by atoms with Gasteiger partial charge in [0.25, 0.3) is 0 Å². The van der Waals surface area contributed by atoms with Crippen LogP contribution in [0.5, 0.6) is 0 Å². The van der Waals surface area contributed by atoms with Gasteiger partial charge in [-0.1, -0.05) is 12.1 Å². The van der Waals surface area contributed by atoms with Crippen LogP contribution in [-0.4, -0.2) is 27.9 Å². The molecule has 23 heavy (non-hydrogen) atoms. The van der Waals surface area contributed by atoms with Crippen molar-refractivity contribution in [3.8, 4) is 11.3 Å². The predicted octanol–water partition coefficient (Wildman–Crippen LogP) is 4.03. The third kappa shape index (κ3) is 2.58. The molecule has 1 aromatic carbocycles. The Morgan fingerprint density at radius 2 is 1.83 bits per heavy atom. The lowest BCUT2D eigenvalue weighted by molar-refractivity contribution is 0.666. The van der Waals surface area contributed by atoms with Gasteiger partial charge in [0.2, 0.25) is 0 Å². The maximum absolute atomic E-state index is 4.76. The molecular formula is C19H22N4. The first-order valence-corrected chi connectivity index (χ1v) is 8.45. The van der Waals surface area contributed by atoms with Gasteiger partial charge in [0.15, 0.2) is 5.65 Å². The van der Waals surface area contributed by atoms with E-state index in [-0.39, 0.29) is 0 Å². The summed E-state index contributed by atoms with van der Waals surface area (Å²) < 4.78 is 1.95. The van der Waals surface area contributed by atoms with Crippen molar-refractivity contribution in [3.05, 3.63) is 42.1 Å². The van der Waals surface area contributed by atoms with Gasteiger partial charge in [-0.15, -0.1) is 0 Å². The molecule has 4 nitrogen and oxygen atoms in total. The lowest BCUT2D eigenvalue weighted by atomic mass is 10.1. The van der Waals surface area contributed by atoms with Crippen molar-refractivity contribution in [3.63, 3.8) is 0 Å². The van der Waals surface area contributed by atoms with Crippen LogP contribution in [0.1, 0.15) is 25.3 Å². The summed E-state index contributed by atoms with van der Waals surface area (Å²) in [6.45, 7) is 7.46. The number of rotatable bonds is 3. The molecule has 0 radical (unpaired) electrons. The van der Waals surface area contributed by atoms with Gasteiger partial charge in [-0.3, -0.25) is 4.68 Å². The van der Waals surface area contributed by atoms with Crippen molar-refractivity contribution in [2.24, 2.45) is 0 Å². The normalized spacial score (nSPS) is 14.8. The highest BCUT2D eigenvalue weighted by atomic mass is 15.3. The Bertz CT molecular complexity index is 826. The van der Waals surface area contributed by atoms with Gasteiger partial charge in [0.1, 0.15) is 0 Å². The Kier molecular flexibility index (Phi) is 3.52. The maximum Gasteiger partial charge on any atom is 0.181 e. The summed E-state index contributed by atoms with van der Waals surface area (Å²) in [6, 6.07) is 10.9. The molecule has 3 heterocycles. The number of anilines is 1. The Labute approximate surface area is 136 Å². The zero-order chi connectivity index (χ0) is 15.8. The van der Waals surface area contributed by atoms with Gasteiger partial charge < -0.3 is 4.90 Å². The van der Waals surface area contributed by atoms with Gasteiger partial charge >= 0.3 is 0 Å². The molecule has 118 valence electrons. The lowest BCUT2D eigenvalue weighted by Gasteiger charge is -2.17. The van der Waals surface area contributed by atoms with Gasteiger partial charge in [0.05, 0.1) is 5.69 Å². The van der Waals surface area contributed by atoms with E-state index in [4.69, 9.17) is 4.98 Å². The Morgan fingerprint density at radius 3 is 2.52 bits per heavy atom. The molecule has 0 bridgehead atoms. The summed E-state index contributed by atoms with van der Waals surface area (Å²) in [5.74, 6) is 0. The number of pyridine rings is 1. The van der Waals surface area contributed by atoms with Gasteiger partial charge in [-0.2, -0.15) is 5.10 Å². The molecule has 1 saturated heterocycles. The summed E-state index contributed by atoms with van der Waals surface area (Å²) in [4.78, 5) is 7.21. The number of aromatic nitrogens is 3. The highest BCUT2D eigenvalue weighted by molar-refractivity contribution is 5.81. The van der Waals surface area contributed by atoms with Crippen molar-refractivity contribution in [1.82, 2.24) is 14.8 Å². The maximum atomic E-state index is 4.76. The van der Waals surface area contributed by atoms with Crippen molar-refractivity contribution in [2.45, 2.75) is 33.2 Å². The first-order valence-electron chi connectivity index (χ1n) is 8.45. The van der Waals surface area contributed by atoms with Crippen LogP contribution in [0.4, 0.5) is 5.69 Å². The number of hydrogen-bond donors (Lipinski definition) is 0. The molecule has 0 N–H and O–H groups in total. The molecule has 2 aromatic heterocycles. The van der Waals surface area contributed by atoms with Gasteiger partial charge in [-0.05, 0) is 50.5 Å². The molecule has 1 aliphatic heterocycles. The van der Waals surface area contributed by atoms with Crippen molar-refractivity contribution < 1.29 is 0 Å². The number of hydrogen-bond acceptors (Lipinski definition) is 3. The van der Waals surface area contributed by atoms with E-state index in [1.807, 2.05) is 4.68 Å².